The molecule has 2 amide bonds. The highest BCUT2D eigenvalue weighted by atomic mass is 16.6. The zero-order chi connectivity index (χ0) is 20.4. The van der Waals surface area contributed by atoms with Crippen molar-refractivity contribution in [2.45, 2.75) is 6.23 Å². The fraction of sp³-hybridized carbons (Fsp3) is 0.130. The lowest BCUT2D eigenvalue weighted by atomic mass is 10.1. The third-order valence-corrected chi connectivity index (χ3v) is 4.78. The number of hydrogen-bond donors (Lipinski definition) is 1. The first-order valence-electron chi connectivity index (χ1n) is 9.27. The van der Waals surface area contributed by atoms with Crippen LogP contribution in [0.15, 0.2) is 78.9 Å². The van der Waals surface area contributed by atoms with E-state index in [1.165, 1.54) is 4.90 Å². The molecule has 1 aliphatic heterocycles. The molecule has 6 nitrogen and oxygen atoms in total. The number of nitrogens with zero attached hydrogens (tertiary/aromatic N) is 2. The van der Waals surface area contributed by atoms with Gasteiger partial charge in [0.2, 0.25) is 6.23 Å². The molecule has 0 saturated heterocycles. The highest BCUT2D eigenvalue weighted by Crippen LogP contribution is 2.37. The number of cyclic esters (lactones) is 1. The summed E-state index contributed by atoms with van der Waals surface area (Å²) < 4.78 is 5.68. The maximum atomic E-state index is 13.2. The number of hydrogen-bond acceptors (Lipinski definition) is 4. The van der Waals surface area contributed by atoms with E-state index in [1.807, 2.05) is 61.5 Å². The molecule has 3 aromatic carbocycles. The third-order valence-electron chi connectivity index (χ3n) is 4.78. The molecule has 0 radical (unpaired) electrons. The molecular weight excluding hydrogens is 366 g/mol. The minimum atomic E-state index is -0.864. The van der Waals surface area contributed by atoms with Crippen molar-refractivity contribution in [1.82, 2.24) is 0 Å². The summed E-state index contributed by atoms with van der Waals surface area (Å²) in [6.07, 6.45) is -0.864. The van der Waals surface area contributed by atoms with Gasteiger partial charge in [-0.2, -0.15) is 0 Å². The number of rotatable bonds is 3. The molecule has 0 saturated carbocycles. The van der Waals surface area contributed by atoms with E-state index in [0.29, 0.717) is 22.5 Å². The molecule has 0 aliphatic carbocycles. The van der Waals surface area contributed by atoms with Crippen LogP contribution in [-0.2, 0) is 4.74 Å². The number of amides is 2. The minimum Gasteiger partial charge on any atom is -0.433 e. The summed E-state index contributed by atoms with van der Waals surface area (Å²) in [6.45, 7) is 0. The van der Waals surface area contributed by atoms with E-state index in [-0.39, 0.29) is 6.03 Å². The molecule has 1 atom stereocenters. The van der Waals surface area contributed by atoms with Crippen LogP contribution in [0, 0.1) is 0 Å². The Balaban J connectivity index is 1.74. The quantitative estimate of drug-likeness (QED) is 0.664. The van der Waals surface area contributed by atoms with E-state index in [4.69, 9.17) is 4.74 Å². The Morgan fingerprint density at radius 3 is 2.28 bits per heavy atom. The number of carbonyl (C=O) groups excluding carboxylic acids is 2. The Morgan fingerprint density at radius 2 is 1.59 bits per heavy atom. The first-order chi connectivity index (χ1) is 14.0. The Morgan fingerprint density at radius 1 is 0.931 bits per heavy atom. The number of esters is 1. The van der Waals surface area contributed by atoms with Crippen molar-refractivity contribution in [2.75, 3.05) is 29.2 Å². The predicted molar refractivity (Wildman–Crippen MR) is 113 cm³/mol. The molecule has 29 heavy (non-hydrogen) atoms. The Bertz CT molecular complexity index is 1030. The highest BCUT2D eigenvalue weighted by Gasteiger charge is 2.37. The second-order valence-corrected chi connectivity index (χ2v) is 6.93. The fourth-order valence-corrected chi connectivity index (χ4v) is 3.28. The third kappa shape index (κ3) is 3.65. The molecule has 0 fully saturated rings. The average Bonchev–Trinajstić information content (AvgIpc) is 2.74. The Labute approximate surface area is 169 Å². The van der Waals surface area contributed by atoms with Gasteiger partial charge in [0.1, 0.15) is 0 Å². The van der Waals surface area contributed by atoms with E-state index >= 15 is 0 Å². The summed E-state index contributed by atoms with van der Waals surface area (Å²) in [7, 11) is 3.90. The normalized spacial score (nSPS) is 15.3. The smallest absolute Gasteiger partial charge is 0.342 e. The summed E-state index contributed by atoms with van der Waals surface area (Å²) in [5.41, 5.74) is 3.25. The molecule has 0 bridgehead atoms. The number of anilines is 3. The van der Waals surface area contributed by atoms with Crippen molar-refractivity contribution in [1.29, 1.82) is 0 Å². The second-order valence-electron chi connectivity index (χ2n) is 6.93. The monoisotopic (exact) mass is 387 g/mol. The van der Waals surface area contributed by atoms with Crippen LogP contribution in [0.5, 0.6) is 0 Å². The van der Waals surface area contributed by atoms with E-state index < -0.39 is 12.2 Å². The largest absolute Gasteiger partial charge is 0.433 e. The lowest BCUT2D eigenvalue weighted by molar-refractivity contribution is 0.0274. The molecule has 0 unspecified atom stereocenters. The standard InChI is InChI=1S/C23H21N3O3/c1-25(2)18-14-12-16(13-15-18)21-26(23(28)24-17-8-4-3-5-9-17)20-11-7-6-10-19(20)22(27)29-21/h3-15,21H,1-2H3,(H,24,28)/t21-/m0/s1. The van der Waals surface area contributed by atoms with Crippen LogP contribution < -0.4 is 15.1 Å². The number of nitrogens with one attached hydrogen (secondary N) is 1. The summed E-state index contributed by atoms with van der Waals surface area (Å²) in [5.74, 6) is -0.453. The number of benzene rings is 3. The number of carbonyl (C=O) groups is 2. The number of ether oxygens (including phenoxy) is 1. The molecule has 1 heterocycles. The molecule has 6 heteroatoms. The first kappa shape index (κ1) is 18.6. The van der Waals surface area contributed by atoms with Crippen LogP contribution in [0.2, 0.25) is 0 Å². The van der Waals surface area contributed by atoms with E-state index in [1.54, 1.807) is 36.4 Å². The van der Waals surface area contributed by atoms with Crippen molar-refractivity contribution >= 4 is 29.1 Å². The maximum absolute atomic E-state index is 13.2. The van der Waals surface area contributed by atoms with Gasteiger partial charge in [0, 0.05) is 31.0 Å². The van der Waals surface area contributed by atoms with Crippen LogP contribution in [0.25, 0.3) is 0 Å². The second kappa shape index (κ2) is 7.67. The van der Waals surface area contributed by atoms with Gasteiger partial charge in [-0.25, -0.2) is 9.59 Å². The van der Waals surface area contributed by atoms with Crippen molar-refractivity contribution in [3.05, 3.63) is 90.0 Å². The van der Waals surface area contributed by atoms with Crippen LogP contribution in [-0.4, -0.2) is 26.1 Å². The van der Waals surface area contributed by atoms with Gasteiger partial charge < -0.3 is 15.0 Å². The summed E-state index contributed by atoms with van der Waals surface area (Å²) in [5, 5.41) is 2.88. The van der Waals surface area contributed by atoms with Crippen LogP contribution in [0.3, 0.4) is 0 Å². The van der Waals surface area contributed by atoms with E-state index in [9.17, 15) is 9.59 Å². The molecule has 1 aliphatic rings. The first-order valence-corrected chi connectivity index (χ1v) is 9.27. The van der Waals surface area contributed by atoms with Gasteiger partial charge in [-0.3, -0.25) is 4.90 Å². The van der Waals surface area contributed by atoms with E-state index in [0.717, 1.165) is 5.69 Å². The SMILES string of the molecule is CN(C)c1ccc([C@@H]2OC(=O)c3ccccc3N2C(=O)Nc2ccccc2)cc1. The van der Waals surface area contributed by atoms with E-state index in [2.05, 4.69) is 5.32 Å². The molecule has 4 rings (SSSR count). The van der Waals surface area contributed by atoms with Crippen LogP contribution >= 0.6 is 0 Å². The summed E-state index contributed by atoms with van der Waals surface area (Å²) in [4.78, 5) is 29.3. The van der Waals surface area contributed by atoms with Crippen molar-refractivity contribution in [2.24, 2.45) is 0 Å². The zero-order valence-corrected chi connectivity index (χ0v) is 16.2. The lowest BCUT2D eigenvalue weighted by Crippen LogP contribution is -2.44. The average molecular weight is 387 g/mol. The summed E-state index contributed by atoms with van der Waals surface area (Å²) in [6, 6.07) is 23.3. The van der Waals surface area contributed by atoms with Gasteiger partial charge in [-0.1, -0.05) is 42.5 Å². The molecule has 146 valence electrons. The van der Waals surface area contributed by atoms with Gasteiger partial charge >= 0.3 is 12.0 Å². The Kier molecular flexibility index (Phi) is 4.91. The molecule has 1 N–H and O–H groups in total. The highest BCUT2D eigenvalue weighted by molar-refractivity contribution is 6.08. The van der Waals surface area contributed by atoms with Crippen LogP contribution in [0.1, 0.15) is 22.1 Å². The number of fused-ring (bicyclic) bond motifs is 1. The maximum Gasteiger partial charge on any atom is 0.342 e. The zero-order valence-electron chi connectivity index (χ0n) is 16.2. The Hall–Kier alpha value is -3.80. The lowest BCUT2D eigenvalue weighted by Gasteiger charge is -2.36. The predicted octanol–water partition coefficient (Wildman–Crippen LogP) is 4.66. The van der Waals surface area contributed by atoms with Gasteiger partial charge in [-0.05, 0) is 36.4 Å². The van der Waals surface area contributed by atoms with Crippen LogP contribution in [0.4, 0.5) is 21.9 Å². The van der Waals surface area contributed by atoms with Crippen molar-refractivity contribution in [3.8, 4) is 0 Å². The van der Waals surface area contributed by atoms with Crippen molar-refractivity contribution in [3.63, 3.8) is 0 Å². The molecular formula is C23H21N3O3. The topological polar surface area (TPSA) is 61.9 Å². The van der Waals surface area contributed by atoms with Gasteiger partial charge in [0.15, 0.2) is 0 Å². The number of urea groups is 1. The molecule has 0 aromatic heterocycles. The fourth-order valence-electron chi connectivity index (χ4n) is 3.28. The minimum absolute atomic E-state index is 0.358. The molecule has 3 aromatic rings. The van der Waals surface area contributed by atoms with Gasteiger partial charge in [0.25, 0.3) is 0 Å². The van der Waals surface area contributed by atoms with Crippen molar-refractivity contribution < 1.29 is 14.3 Å². The van der Waals surface area contributed by atoms with Gasteiger partial charge in [0.05, 0.1) is 11.3 Å². The van der Waals surface area contributed by atoms with Gasteiger partial charge in [-0.15, -0.1) is 0 Å². The number of para-hydroxylation sites is 2. The summed E-state index contributed by atoms with van der Waals surface area (Å²) >= 11 is 0. The molecule has 0 spiro atoms.